The van der Waals surface area contributed by atoms with Crippen molar-refractivity contribution in [2.24, 2.45) is 0 Å². The van der Waals surface area contributed by atoms with Crippen LogP contribution in [0.5, 0.6) is 0 Å². The maximum atomic E-state index is 12.1. The summed E-state index contributed by atoms with van der Waals surface area (Å²) in [5.41, 5.74) is 6.26. The molecule has 128 valence electrons. The van der Waals surface area contributed by atoms with Crippen molar-refractivity contribution in [2.45, 2.75) is 23.6 Å². The third-order valence-electron chi connectivity index (χ3n) is 3.42. The van der Waals surface area contributed by atoms with Gasteiger partial charge in [-0.3, -0.25) is 9.63 Å². The van der Waals surface area contributed by atoms with Gasteiger partial charge in [0.25, 0.3) is 5.91 Å². The number of carbonyl (C=O) groups excluding carboxylic acids is 1. The molecule has 4 nitrogen and oxygen atoms in total. The Hall–Kier alpha value is -2.15. The predicted molar refractivity (Wildman–Crippen MR) is 102 cm³/mol. The molecule has 0 atom stereocenters. The van der Waals surface area contributed by atoms with Gasteiger partial charge < -0.3 is 0 Å². The number of rotatable bonds is 7. The number of carbonyl (C=O) groups is 1. The molecule has 0 spiro atoms. The number of aromatic nitrogens is 1. The average molecular weight is 370 g/mol. The van der Waals surface area contributed by atoms with Gasteiger partial charge in [0.15, 0.2) is 0 Å². The fourth-order valence-corrected chi connectivity index (χ4v) is 3.92. The number of hydrogen-bond acceptors (Lipinski definition) is 5. The molecule has 0 bridgehead atoms. The van der Waals surface area contributed by atoms with Crippen molar-refractivity contribution in [2.75, 3.05) is 0 Å². The number of thioether (sulfide) groups is 1. The Morgan fingerprint density at radius 3 is 2.56 bits per heavy atom. The van der Waals surface area contributed by atoms with Crippen molar-refractivity contribution < 1.29 is 9.63 Å². The highest BCUT2D eigenvalue weighted by Gasteiger charge is 2.06. The normalized spacial score (nSPS) is 10.6. The number of aryl methyl sites for hydroxylation is 1. The molecular weight excluding hydrogens is 352 g/mol. The van der Waals surface area contributed by atoms with E-state index in [9.17, 15) is 4.79 Å². The van der Waals surface area contributed by atoms with Crippen LogP contribution in [-0.4, -0.2) is 10.9 Å². The van der Waals surface area contributed by atoms with Crippen molar-refractivity contribution in [1.29, 1.82) is 0 Å². The topological polar surface area (TPSA) is 51.2 Å². The second kappa shape index (κ2) is 8.80. The molecule has 0 unspecified atom stereocenters. The van der Waals surface area contributed by atoms with Crippen molar-refractivity contribution >= 4 is 29.0 Å². The number of amides is 1. The quantitative estimate of drug-likeness (QED) is 0.488. The van der Waals surface area contributed by atoms with Gasteiger partial charge in [-0.2, -0.15) is 0 Å². The molecule has 0 fully saturated rings. The second-order valence-electron chi connectivity index (χ2n) is 5.45. The van der Waals surface area contributed by atoms with E-state index in [2.05, 4.69) is 10.5 Å². The van der Waals surface area contributed by atoms with E-state index in [0.29, 0.717) is 12.2 Å². The highest BCUT2D eigenvalue weighted by atomic mass is 32.2. The van der Waals surface area contributed by atoms with Gasteiger partial charge in [-0.1, -0.05) is 54.2 Å². The van der Waals surface area contributed by atoms with Crippen LogP contribution in [-0.2, 0) is 17.2 Å². The summed E-state index contributed by atoms with van der Waals surface area (Å²) in [6.07, 6.45) is 0. The van der Waals surface area contributed by atoms with Gasteiger partial charge in [0, 0.05) is 22.4 Å². The van der Waals surface area contributed by atoms with Gasteiger partial charge in [0.05, 0.1) is 6.61 Å². The zero-order valence-corrected chi connectivity index (χ0v) is 15.4. The zero-order valence-electron chi connectivity index (χ0n) is 13.8. The zero-order chi connectivity index (χ0) is 17.5. The first kappa shape index (κ1) is 17.7. The Morgan fingerprint density at radius 2 is 1.88 bits per heavy atom. The molecule has 1 N–H and O–H groups in total. The summed E-state index contributed by atoms with van der Waals surface area (Å²) in [7, 11) is 0. The first-order valence-electron chi connectivity index (χ1n) is 7.80. The minimum Gasteiger partial charge on any atom is -0.269 e. The summed E-state index contributed by atoms with van der Waals surface area (Å²) in [6.45, 7) is 2.34. The minimum absolute atomic E-state index is 0.245. The molecule has 0 radical (unpaired) electrons. The van der Waals surface area contributed by atoms with Gasteiger partial charge in [0.2, 0.25) is 0 Å². The molecule has 0 saturated heterocycles. The van der Waals surface area contributed by atoms with Gasteiger partial charge >= 0.3 is 0 Å². The van der Waals surface area contributed by atoms with Crippen LogP contribution in [0.4, 0.5) is 0 Å². The monoisotopic (exact) mass is 370 g/mol. The number of thiazole rings is 1. The number of benzene rings is 2. The molecule has 25 heavy (non-hydrogen) atoms. The van der Waals surface area contributed by atoms with E-state index in [0.717, 1.165) is 26.9 Å². The van der Waals surface area contributed by atoms with Crippen LogP contribution in [0, 0.1) is 6.92 Å². The average Bonchev–Trinajstić information content (AvgIpc) is 3.06. The Labute approximate surface area is 155 Å². The van der Waals surface area contributed by atoms with E-state index in [4.69, 9.17) is 4.84 Å². The highest BCUT2D eigenvalue weighted by Crippen LogP contribution is 2.26. The summed E-state index contributed by atoms with van der Waals surface area (Å²) >= 11 is 3.36. The molecule has 0 aliphatic heterocycles. The molecular formula is C19H18N2O2S2. The number of nitrogens with one attached hydrogen (secondary N) is 1. The second-order valence-corrected chi connectivity index (χ2v) is 7.53. The Balaban J connectivity index is 1.46. The van der Waals surface area contributed by atoms with Crippen LogP contribution >= 0.6 is 23.1 Å². The molecule has 6 heteroatoms. The van der Waals surface area contributed by atoms with Crippen LogP contribution in [0.15, 0.2) is 64.3 Å². The smallest absolute Gasteiger partial charge is 0.269 e. The van der Waals surface area contributed by atoms with Crippen molar-refractivity contribution in [3.8, 4) is 0 Å². The van der Waals surface area contributed by atoms with Gasteiger partial charge in [-0.15, -0.1) is 11.3 Å². The molecule has 1 heterocycles. The van der Waals surface area contributed by atoms with Crippen LogP contribution in [0.3, 0.4) is 0 Å². The Bertz CT molecular complexity index is 817. The molecule has 1 amide bonds. The van der Waals surface area contributed by atoms with Gasteiger partial charge in [-0.05, 0) is 30.2 Å². The predicted octanol–water partition coefficient (Wildman–Crippen LogP) is 4.61. The van der Waals surface area contributed by atoms with E-state index < -0.39 is 0 Å². The molecule has 0 saturated carbocycles. The summed E-state index contributed by atoms with van der Waals surface area (Å²) in [4.78, 5) is 21.8. The molecule has 0 aliphatic rings. The van der Waals surface area contributed by atoms with Crippen molar-refractivity contribution in [3.63, 3.8) is 0 Å². The van der Waals surface area contributed by atoms with E-state index in [1.165, 1.54) is 0 Å². The third kappa shape index (κ3) is 5.42. The lowest BCUT2D eigenvalue weighted by atomic mass is 10.1. The lowest BCUT2D eigenvalue weighted by Crippen LogP contribution is -2.23. The number of nitrogens with zero attached hydrogens (tertiary/aromatic N) is 1. The first-order chi connectivity index (χ1) is 12.2. The lowest BCUT2D eigenvalue weighted by molar-refractivity contribution is 0.0233. The van der Waals surface area contributed by atoms with Gasteiger partial charge in [-0.25, -0.2) is 10.5 Å². The Morgan fingerprint density at radius 1 is 1.12 bits per heavy atom. The fourth-order valence-electron chi connectivity index (χ4n) is 2.11. The van der Waals surface area contributed by atoms with E-state index >= 15 is 0 Å². The Kier molecular flexibility index (Phi) is 6.22. The summed E-state index contributed by atoms with van der Waals surface area (Å²) in [5, 5.41) is 2.05. The molecule has 3 aromatic rings. The standard InChI is InChI=1S/C19H18N2O2S2/c1-14-12-24-19(20-14)25-13-16-7-9-17(10-8-16)18(22)21-23-11-15-5-3-2-4-6-15/h2-10,12H,11,13H2,1H3,(H,21,22). The maximum Gasteiger partial charge on any atom is 0.274 e. The number of hydrogen-bond donors (Lipinski definition) is 1. The largest absolute Gasteiger partial charge is 0.274 e. The molecule has 0 aliphatic carbocycles. The van der Waals surface area contributed by atoms with Crippen LogP contribution < -0.4 is 5.48 Å². The number of hydroxylamine groups is 1. The third-order valence-corrected chi connectivity index (χ3v) is 5.63. The highest BCUT2D eigenvalue weighted by molar-refractivity contribution is 8.00. The van der Waals surface area contributed by atoms with Crippen molar-refractivity contribution in [1.82, 2.24) is 10.5 Å². The lowest BCUT2D eigenvalue weighted by Gasteiger charge is -2.07. The van der Waals surface area contributed by atoms with Crippen LogP contribution in [0.25, 0.3) is 0 Å². The summed E-state index contributed by atoms with van der Waals surface area (Å²) < 4.78 is 1.06. The summed E-state index contributed by atoms with van der Waals surface area (Å²) in [6, 6.07) is 17.2. The molecule has 3 rings (SSSR count). The van der Waals surface area contributed by atoms with E-state index in [1.54, 1.807) is 23.1 Å². The van der Waals surface area contributed by atoms with Crippen LogP contribution in [0.2, 0.25) is 0 Å². The fraction of sp³-hybridized carbons (Fsp3) is 0.158. The van der Waals surface area contributed by atoms with Crippen molar-refractivity contribution in [3.05, 3.63) is 82.4 Å². The molecule has 1 aromatic heterocycles. The van der Waals surface area contributed by atoms with Gasteiger partial charge in [0.1, 0.15) is 4.34 Å². The SMILES string of the molecule is Cc1csc(SCc2ccc(C(=O)NOCc3ccccc3)cc2)n1. The molecule has 2 aromatic carbocycles. The minimum atomic E-state index is -0.245. The van der Waals surface area contributed by atoms with Crippen LogP contribution in [0.1, 0.15) is 27.2 Å². The van der Waals surface area contributed by atoms with E-state index in [-0.39, 0.29) is 5.91 Å². The first-order valence-corrected chi connectivity index (χ1v) is 9.67. The maximum absolute atomic E-state index is 12.1. The van der Waals surface area contributed by atoms with E-state index in [1.807, 2.05) is 66.9 Å². The summed E-state index contributed by atoms with van der Waals surface area (Å²) in [5.74, 6) is 0.588.